The van der Waals surface area contributed by atoms with Gasteiger partial charge in [-0.2, -0.15) is 0 Å². The lowest BCUT2D eigenvalue weighted by Gasteiger charge is -2.33. The van der Waals surface area contributed by atoms with Gasteiger partial charge in [0.25, 0.3) is 23.5 Å². The van der Waals surface area contributed by atoms with Crippen LogP contribution in [0.5, 0.6) is 0 Å². The van der Waals surface area contributed by atoms with Crippen molar-refractivity contribution in [3.63, 3.8) is 0 Å². The summed E-state index contributed by atoms with van der Waals surface area (Å²) in [6.45, 7) is 2.34. The van der Waals surface area contributed by atoms with Crippen LogP contribution in [-0.4, -0.2) is 44.5 Å². The molecule has 5 unspecified atom stereocenters. The summed E-state index contributed by atoms with van der Waals surface area (Å²) >= 11 is 0. The van der Waals surface area contributed by atoms with E-state index in [0.29, 0.717) is 6.42 Å². The second kappa shape index (κ2) is 10.5. The molecule has 0 spiro atoms. The van der Waals surface area contributed by atoms with Crippen LogP contribution >= 0.6 is 23.5 Å². The van der Waals surface area contributed by atoms with E-state index in [1.54, 1.807) is 6.92 Å². The monoisotopic (exact) mass is 449 g/mol. The SMILES string of the molecule is CC(N=[N+]=[N-])OC1C[C@H](C)O[C@@H]1COP(=O)([O-])OP(=O)([O-])OP(=O)([O-])O.[B]. The zero-order valence-electron chi connectivity index (χ0n) is 13.9. The van der Waals surface area contributed by atoms with Gasteiger partial charge in [0.2, 0.25) is 0 Å². The van der Waals surface area contributed by atoms with Gasteiger partial charge in [0, 0.05) is 19.7 Å². The first kappa shape index (κ1) is 26.7. The fourth-order valence-corrected chi connectivity index (χ4v) is 4.91. The summed E-state index contributed by atoms with van der Waals surface area (Å²) in [6.07, 6.45) is -2.67. The average molecular weight is 449 g/mol. The predicted octanol–water partition coefficient (Wildman–Crippen LogP) is -0.728. The summed E-state index contributed by atoms with van der Waals surface area (Å²) in [5.74, 6) is 0. The second-order valence-corrected chi connectivity index (χ2v) is 9.31. The summed E-state index contributed by atoms with van der Waals surface area (Å²) in [4.78, 5) is 43.7. The van der Waals surface area contributed by atoms with Crippen LogP contribution in [-0.2, 0) is 36.3 Å². The van der Waals surface area contributed by atoms with Crippen LogP contribution < -0.4 is 14.7 Å². The molecule has 0 amide bonds. The van der Waals surface area contributed by atoms with Gasteiger partial charge in [-0.05, 0) is 19.4 Å². The Labute approximate surface area is 155 Å². The number of nitrogens with zero attached hydrogens (tertiary/aromatic N) is 3. The molecule has 3 radical (unpaired) electrons. The Morgan fingerprint density at radius 2 is 1.89 bits per heavy atom. The van der Waals surface area contributed by atoms with Crippen molar-refractivity contribution in [1.82, 2.24) is 0 Å². The molecule has 27 heavy (non-hydrogen) atoms. The second-order valence-electron chi connectivity index (χ2n) is 5.02. The maximum absolute atomic E-state index is 11.5. The molecule has 0 bridgehead atoms. The molecule has 0 aromatic heterocycles. The van der Waals surface area contributed by atoms with E-state index in [2.05, 4.69) is 23.2 Å². The molecule has 7 atom stereocenters. The standard InChI is InChI=1S/C8H18N3O12P3.B/c1-5-3-7(21-6(2)10-11-9)8(20-5)4-19-25(15,16)23-26(17,18)22-24(12,13)14;/h5-8H,3-4H2,1-2H3,(H,15,16)(H,17,18)(H2,12,13,14);/p-3/t5-,6?,7?,8+;/m0./s1. The molecular formula is C8H15BN3O12P3-3. The van der Waals surface area contributed by atoms with E-state index in [9.17, 15) is 28.4 Å². The lowest BCUT2D eigenvalue weighted by atomic mass is 10.1. The third kappa shape index (κ3) is 10.7. The van der Waals surface area contributed by atoms with Gasteiger partial charge in [0.15, 0.2) is 0 Å². The number of phosphoric ester groups is 1. The first-order valence-electron chi connectivity index (χ1n) is 6.81. The van der Waals surface area contributed by atoms with Crippen molar-refractivity contribution in [3.8, 4) is 0 Å². The largest absolute Gasteiger partial charge is 0.756 e. The molecule has 1 aliphatic rings. The van der Waals surface area contributed by atoms with E-state index >= 15 is 0 Å². The number of ether oxygens (including phenoxy) is 2. The minimum Gasteiger partial charge on any atom is -0.756 e. The van der Waals surface area contributed by atoms with Gasteiger partial charge in [-0.15, -0.1) is 0 Å². The number of hydrogen-bond donors (Lipinski definition) is 1. The third-order valence-corrected chi connectivity index (χ3v) is 6.46. The van der Waals surface area contributed by atoms with Crippen LogP contribution in [0, 0.1) is 0 Å². The molecule has 1 aliphatic heterocycles. The molecular weight excluding hydrogens is 434 g/mol. The zero-order chi connectivity index (χ0) is 20.2. The van der Waals surface area contributed by atoms with Crippen molar-refractivity contribution in [2.24, 2.45) is 5.11 Å². The van der Waals surface area contributed by atoms with E-state index in [0.717, 1.165) is 0 Å². The minimum atomic E-state index is -5.96. The van der Waals surface area contributed by atoms with Gasteiger partial charge in [-0.3, -0.25) is 13.7 Å². The van der Waals surface area contributed by atoms with E-state index in [-0.39, 0.29) is 14.5 Å². The Morgan fingerprint density at radius 3 is 2.41 bits per heavy atom. The van der Waals surface area contributed by atoms with E-state index < -0.39 is 48.5 Å². The van der Waals surface area contributed by atoms with Gasteiger partial charge in [-0.25, -0.2) is 8.62 Å². The Balaban J connectivity index is 0.00000676. The summed E-state index contributed by atoms with van der Waals surface area (Å²) < 4.78 is 54.6. The van der Waals surface area contributed by atoms with Gasteiger partial charge in [0.1, 0.15) is 12.3 Å². The van der Waals surface area contributed by atoms with Crippen molar-refractivity contribution >= 4 is 31.9 Å². The number of rotatable bonds is 10. The smallest absolute Gasteiger partial charge is 0.280 e. The van der Waals surface area contributed by atoms with Crippen LogP contribution in [0.15, 0.2) is 5.11 Å². The third-order valence-electron chi connectivity index (χ3n) is 2.77. The van der Waals surface area contributed by atoms with E-state index in [1.807, 2.05) is 0 Å². The van der Waals surface area contributed by atoms with Crippen molar-refractivity contribution in [1.29, 1.82) is 0 Å². The molecule has 1 heterocycles. The van der Waals surface area contributed by atoms with Gasteiger partial charge >= 0.3 is 0 Å². The highest BCUT2D eigenvalue weighted by Gasteiger charge is 2.36. The Kier molecular flexibility index (Phi) is 10.4. The molecule has 1 saturated heterocycles. The first-order chi connectivity index (χ1) is 11.7. The topological polar surface area (TPSA) is 236 Å². The van der Waals surface area contributed by atoms with Crippen molar-refractivity contribution in [2.45, 2.75) is 44.8 Å². The number of azide groups is 1. The van der Waals surface area contributed by atoms with Crippen LogP contribution in [0.4, 0.5) is 0 Å². The summed E-state index contributed by atoms with van der Waals surface area (Å²) in [7, 11) is -17.3. The molecule has 1 rings (SSSR count). The lowest BCUT2D eigenvalue weighted by molar-refractivity contribution is -0.250. The highest BCUT2D eigenvalue weighted by Crippen LogP contribution is 2.61. The van der Waals surface area contributed by atoms with Gasteiger partial charge in [0.05, 0.1) is 18.8 Å². The summed E-state index contributed by atoms with van der Waals surface area (Å²) in [5, 5.41) is 3.29. The fourth-order valence-electron chi connectivity index (χ4n) is 2.02. The van der Waals surface area contributed by atoms with Crippen LogP contribution in [0.2, 0.25) is 0 Å². The minimum absolute atomic E-state index is 0. The van der Waals surface area contributed by atoms with Crippen LogP contribution in [0.3, 0.4) is 0 Å². The Hall–Kier alpha value is -0.295. The van der Waals surface area contributed by atoms with Crippen molar-refractivity contribution in [2.75, 3.05) is 6.61 Å². The molecule has 155 valence electrons. The predicted molar refractivity (Wildman–Crippen MR) is 81.3 cm³/mol. The molecule has 1 fully saturated rings. The van der Waals surface area contributed by atoms with Gasteiger partial charge in [-0.1, -0.05) is 5.11 Å². The first-order valence-corrected chi connectivity index (χ1v) is 11.2. The van der Waals surface area contributed by atoms with E-state index in [1.165, 1.54) is 6.92 Å². The Bertz CT molecular complexity index is 683. The van der Waals surface area contributed by atoms with Crippen molar-refractivity contribution in [3.05, 3.63) is 10.4 Å². The fraction of sp³-hybridized carbons (Fsp3) is 1.00. The summed E-state index contributed by atoms with van der Waals surface area (Å²) in [5.41, 5.74) is 8.33. The highest BCUT2D eigenvalue weighted by molar-refractivity contribution is 7.65. The summed E-state index contributed by atoms with van der Waals surface area (Å²) in [6, 6.07) is 0. The maximum atomic E-state index is 11.5. The highest BCUT2D eigenvalue weighted by atomic mass is 31.3. The Morgan fingerprint density at radius 1 is 1.30 bits per heavy atom. The zero-order valence-corrected chi connectivity index (χ0v) is 16.6. The maximum Gasteiger partial charge on any atom is 0.280 e. The molecule has 1 N–H and O–H groups in total. The molecule has 0 saturated carbocycles. The molecule has 0 aromatic carbocycles. The lowest BCUT2D eigenvalue weighted by Crippen LogP contribution is -2.32. The number of hydrogen-bond acceptors (Lipinski definition) is 12. The normalized spacial score (nSPS) is 30.1. The van der Waals surface area contributed by atoms with Crippen LogP contribution in [0.1, 0.15) is 20.3 Å². The average Bonchev–Trinajstić information content (AvgIpc) is 2.72. The molecule has 0 aromatic rings. The van der Waals surface area contributed by atoms with Crippen LogP contribution in [0.25, 0.3) is 10.4 Å². The quantitative estimate of drug-likeness (QED) is 0.143. The van der Waals surface area contributed by atoms with Gasteiger partial charge < -0.3 is 33.6 Å². The molecule has 19 heteroatoms. The molecule has 15 nitrogen and oxygen atoms in total. The van der Waals surface area contributed by atoms with E-state index in [4.69, 9.17) is 19.9 Å². The molecule has 0 aliphatic carbocycles. The number of phosphoric acid groups is 3. The van der Waals surface area contributed by atoms with Crippen molar-refractivity contribution < 1.29 is 55.9 Å².